The molecule has 0 spiro atoms. The summed E-state index contributed by atoms with van der Waals surface area (Å²) in [6.45, 7) is 0.0764. The maximum absolute atomic E-state index is 12.5. The number of aromatic nitrogens is 4. The number of carbonyl (C=O) groups excluding carboxylic acids is 1. The van der Waals surface area contributed by atoms with E-state index < -0.39 is 11.2 Å². The lowest BCUT2D eigenvalue weighted by molar-refractivity contribution is -0.121. The number of carbonyl (C=O) groups is 1. The largest absolute Gasteiger partial charge is 0.493 e. The molecule has 3 aromatic rings. The summed E-state index contributed by atoms with van der Waals surface area (Å²) in [5, 5.41) is 2.79. The van der Waals surface area contributed by atoms with Crippen LogP contribution in [0.1, 0.15) is 5.56 Å². The topological polar surface area (TPSA) is 119 Å². The number of hydrogen-bond donors (Lipinski definition) is 1. The molecule has 1 aromatic carbocycles. The van der Waals surface area contributed by atoms with Crippen molar-refractivity contribution in [3.05, 3.63) is 44.9 Å². The molecule has 30 heavy (non-hydrogen) atoms. The number of ether oxygens (including phenoxy) is 3. The number of nitrogens with one attached hydrogen (secondary N) is 1. The van der Waals surface area contributed by atoms with E-state index in [-0.39, 0.29) is 30.2 Å². The zero-order valence-electron chi connectivity index (χ0n) is 17.4. The van der Waals surface area contributed by atoms with Crippen molar-refractivity contribution < 1.29 is 19.0 Å². The maximum atomic E-state index is 12.5. The summed E-state index contributed by atoms with van der Waals surface area (Å²) in [6.07, 6.45) is 1.37. The number of rotatable bonds is 7. The second-order valence-electron chi connectivity index (χ2n) is 6.56. The Labute approximate surface area is 171 Å². The van der Waals surface area contributed by atoms with Crippen LogP contribution in [-0.2, 0) is 32.0 Å². The summed E-state index contributed by atoms with van der Waals surface area (Å²) in [5.74, 6) is 1.08. The molecule has 1 N–H and O–H groups in total. The fourth-order valence-corrected chi connectivity index (χ4v) is 3.17. The molecule has 0 aliphatic rings. The molecule has 0 radical (unpaired) electrons. The molecule has 0 atom stereocenters. The highest BCUT2D eigenvalue weighted by Crippen LogP contribution is 2.38. The summed E-state index contributed by atoms with van der Waals surface area (Å²) in [5.41, 5.74) is 0.155. The van der Waals surface area contributed by atoms with E-state index in [4.69, 9.17) is 14.2 Å². The number of fused-ring (bicyclic) bond motifs is 1. The smallest absolute Gasteiger partial charge is 0.332 e. The van der Waals surface area contributed by atoms with Crippen molar-refractivity contribution in [3.8, 4) is 17.2 Å². The number of imidazole rings is 1. The number of aryl methyl sites for hydroxylation is 1. The lowest BCUT2D eigenvalue weighted by Gasteiger charge is -2.14. The monoisotopic (exact) mass is 417 g/mol. The van der Waals surface area contributed by atoms with Crippen LogP contribution in [-0.4, -0.2) is 45.9 Å². The first-order chi connectivity index (χ1) is 14.3. The molecule has 0 aliphatic heterocycles. The fourth-order valence-electron chi connectivity index (χ4n) is 3.17. The van der Waals surface area contributed by atoms with Crippen LogP contribution in [0.2, 0.25) is 0 Å². The quantitative estimate of drug-likeness (QED) is 0.564. The van der Waals surface area contributed by atoms with E-state index in [1.54, 1.807) is 12.1 Å². The fraction of sp³-hybridized carbons (Fsp3) is 0.368. The minimum atomic E-state index is -0.511. The first-order valence-electron chi connectivity index (χ1n) is 8.98. The molecule has 11 heteroatoms. The van der Waals surface area contributed by atoms with Gasteiger partial charge in [-0.2, -0.15) is 0 Å². The van der Waals surface area contributed by atoms with Gasteiger partial charge in [-0.25, -0.2) is 9.78 Å². The highest BCUT2D eigenvalue weighted by atomic mass is 16.5. The molecule has 2 heterocycles. The van der Waals surface area contributed by atoms with Gasteiger partial charge < -0.3 is 24.1 Å². The predicted molar refractivity (Wildman–Crippen MR) is 108 cm³/mol. The van der Waals surface area contributed by atoms with Crippen LogP contribution >= 0.6 is 0 Å². The Morgan fingerprint density at radius 1 is 1.03 bits per heavy atom. The van der Waals surface area contributed by atoms with E-state index in [1.165, 1.54) is 50.9 Å². The van der Waals surface area contributed by atoms with Gasteiger partial charge in [-0.3, -0.25) is 18.7 Å². The van der Waals surface area contributed by atoms with E-state index in [9.17, 15) is 14.4 Å². The lowest BCUT2D eigenvalue weighted by atomic mass is 10.1. The number of amides is 1. The van der Waals surface area contributed by atoms with Crippen LogP contribution in [0.3, 0.4) is 0 Å². The number of hydrogen-bond acceptors (Lipinski definition) is 7. The molecular formula is C19H23N5O6. The Bertz CT molecular complexity index is 1200. The Morgan fingerprint density at radius 2 is 1.67 bits per heavy atom. The zero-order valence-corrected chi connectivity index (χ0v) is 17.4. The van der Waals surface area contributed by atoms with Crippen molar-refractivity contribution in [2.45, 2.75) is 13.1 Å². The molecular weight excluding hydrogens is 394 g/mol. The highest BCUT2D eigenvalue weighted by Gasteiger charge is 2.17. The van der Waals surface area contributed by atoms with Gasteiger partial charge in [0.15, 0.2) is 22.7 Å². The summed E-state index contributed by atoms with van der Waals surface area (Å²) < 4.78 is 19.6. The van der Waals surface area contributed by atoms with Gasteiger partial charge >= 0.3 is 5.69 Å². The average molecular weight is 417 g/mol. The van der Waals surface area contributed by atoms with E-state index in [0.29, 0.717) is 17.2 Å². The second kappa shape index (κ2) is 8.31. The van der Waals surface area contributed by atoms with Crippen molar-refractivity contribution >= 4 is 17.1 Å². The molecule has 1 amide bonds. The lowest BCUT2D eigenvalue weighted by Crippen LogP contribution is -2.38. The van der Waals surface area contributed by atoms with E-state index in [0.717, 1.165) is 10.1 Å². The molecule has 0 fully saturated rings. The average Bonchev–Trinajstić information content (AvgIpc) is 3.17. The van der Waals surface area contributed by atoms with Crippen LogP contribution < -0.4 is 30.8 Å². The van der Waals surface area contributed by atoms with Crippen molar-refractivity contribution in [2.24, 2.45) is 14.1 Å². The molecule has 0 unspecified atom stereocenters. The van der Waals surface area contributed by atoms with E-state index >= 15 is 0 Å². The Hall–Kier alpha value is -3.76. The van der Waals surface area contributed by atoms with Crippen LogP contribution in [0, 0.1) is 0 Å². The highest BCUT2D eigenvalue weighted by molar-refractivity contribution is 5.78. The van der Waals surface area contributed by atoms with Crippen molar-refractivity contribution in [3.63, 3.8) is 0 Å². The molecule has 11 nitrogen and oxygen atoms in total. The van der Waals surface area contributed by atoms with Gasteiger partial charge in [0, 0.05) is 20.6 Å². The first-order valence-corrected chi connectivity index (χ1v) is 8.98. The van der Waals surface area contributed by atoms with Gasteiger partial charge in [0.25, 0.3) is 5.56 Å². The summed E-state index contributed by atoms with van der Waals surface area (Å²) in [4.78, 5) is 41.1. The van der Waals surface area contributed by atoms with Crippen molar-refractivity contribution in [1.82, 2.24) is 24.0 Å². The third-order valence-corrected chi connectivity index (χ3v) is 4.75. The van der Waals surface area contributed by atoms with Crippen LogP contribution in [0.4, 0.5) is 0 Å². The van der Waals surface area contributed by atoms with Crippen molar-refractivity contribution in [1.29, 1.82) is 0 Å². The number of benzene rings is 1. The second-order valence-corrected chi connectivity index (χ2v) is 6.56. The molecule has 160 valence electrons. The number of methoxy groups -OCH3 is 3. The normalized spacial score (nSPS) is 10.8. The van der Waals surface area contributed by atoms with Gasteiger partial charge in [-0.05, 0) is 17.7 Å². The van der Waals surface area contributed by atoms with Gasteiger partial charge in [0.1, 0.15) is 6.54 Å². The van der Waals surface area contributed by atoms with E-state index in [2.05, 4.69) is 10.3 Å². The van der Waals surface area contributed by atoms with Crippen LogP contribution in [0.5, 0.6) is 17.2 Å². The zero-order chi connectivity index (χ0) is 22.0. The third-order valence-electron chi connectivity index (χ3n) is 4.75. The first kappa shape index (κ1) is 21.0. The summed E-state index contributed by atoms with van der Waals surface area (Å²) in [7, 11) is 7.44. The minimum absolute atomic E-state index is 0.131. The number of nitrogens with zero attached hydrogens (tertiary/aromatic N) is 4. The molecule has 0 saturated carbocycles. The SMILES string of the molecule is COc1cc(CNC(=O)Cn2cnc3c2c(=O)n(C)c(=O)n3C)cc(OC)c1OC. The maximum Gasteiger partial charge on any atom is 0.332 e. The van der Waals surface area contributed by atoms with Gasteiger partial charge in [-0.1, -0.05) is 0 Å². The van der Waals surface area contributed by atoms with Crippen LogP contribution in [0.25, 0.3) is 11.2 Å². The van der Waals surface area contributed by atoms with E-state index in [1.807, 2.05) is 0 Å². The molecule has 0 saturated heterocycles. The Morgan fingerprint density at radius 3 is 2.23 bits per heavy atom. The summed E-state index contributed by atoms with van der Waals surface area (Å²) >= 11 is 0. The molecule has 2 aromatic heterocycles. The van der Waals surface area contributed by atoms with Crippen molar-refractivity contribution in [2.75, 3.05) is 21.3 Å². The standard InChI is InChI=1S/C19H23N5O6/c1-22-17-15(18(26)23(2)19(22)27)24(10-21-17)9-14(25)20-8-11-6-12(28-3)16(30-5)13(7-11)29-4/h6-7,10H,8-9H2,1-5H3,(H,20,25). The predicted octanol–water partition coefficient (Wildman–Crippen LogP) is -0.224. The molecule has 3 rings (SSSR count). The van der Waals surface area contributed by atoms with Gasteiger partial charge in [0.2, 0.25) is 11.7 Å². The summed E-state index contributed by atoms with van der Waals surface area (Å²) in [6, 6.07) is 3.47. The third kappa shape index (κ3) is 3.61. The minimum Gasteiger partial charge on any atom is -0.493 e. The van der Waals surface area contributed by atoms with Crippen LogP contribution in [0.15, 0.2) is 28.0 Å². The molecule has 0 aliphatic carbocycles. The Kier molecular flexibility index (Phi) is 5.81. The molecule has 0 bridgehead atoms. The Balaban J connectivity index is 1.81. The van der Waals surface area contributed by atoms with Gasteiger partial charge in [-0.15, -0.1) is 0 Å². The van der Waals surface area contributed by atoms with Gasteiger partial charge in [0.05, 0.1) is 27.7 Å².